The van der Waals surface area contributed by atoms with E-state index in [2.05, 4.69) is 4.90 Å². The maximum Gasteiger partial charge on any atom is 0.409 e. The molecule has 0 spiro atoms. The Kier molecular flexibility index (Phi) is 5.23. The number of nitrogens with zero attached hydrogens (tertiary/aromatic N) is 2. The van der Waals surface area contributed by atoms with Gasteiger partial charge in [-0.3, -0.25) is 9.69 Å². The highest BCUT2D eigenvalue weighted by molar-refractivity contribution is 5.76. The highest BCUT2D eigenvalue weighted by Gasteiger charge is 2.31. The van der Waals surface area contributed by atoms with Gasteiger partial charge in [-0.25, -0.2) is 4.79 Å². The predicted octanol–water partition coefficient (Wildman–Crippen LogP) is 0.805. The fraction of sp³-hybridized carbons (Fsp3) is 0.857. The summed E-state index contributed by atoms with van der Waals surface area (Å²) in [5.74, 6) is -0.189. The first-order chi connectivity index (χ1) is 9.61. The van der Waals surface area contributed by atoms with Gasteiger partial charge in [-0.05, 0) is 39.2 Å². The summed E-state index contributed by atoms with van der Waals surface area (Å²) in [6.07, 6.45) is 3.63. The summed E-state index contributed by atoms with van der Waals surface area (Å²) in [5.41, 5.74) is 5.42. The molecule has 2 saturated heterocycles. The van der Waals surface area contributed by atoms with E-state index >= 15 is 0 Å². The lowest BCUT2D eigenvalue weighted by Gasteiger charge is -2.41. The Bertz CT molecular complexity index is 354. The van der Waals surface area contributed by atoms with Crippen LogP contribution in [-0.4, -0.2) is 60.6 Å². The smallest absolute Gasteiger partial charge is 0.409 e. The number of likely N-dealkylation sites (tertiary alicyclic amines) is 2. The second-order valence-corrected chi connectivity index (χ2v) is 5.65. The average molecular weight is 283 g/mol. The van der Waals surface area contributed by atoms with Crippen LogP contribution in [0.1, 0.15) is 32.6 Å². The monoisotopic (exact) mass is 283 g/mol. The summed E-state index contributed by atoms with van der Waals surface area (Å²) in [6, 6.07) is 0.461. The number of hydrogen-bond acceptors (Lipinski definition) is 4. The third-order valence-electron chi connectivity index (χ3n) is 4.36. The molecule has 1 unspecified atom stereocenters. The molecule has 0 radical (unpaired) electrons. The van der Waals surface area contributed by atoms with Crippen molar-refractivity contribution < 1.29 is 14.3 Å². The largest absolute Gasteiger partial charge is 0.450 e. The van der Waals surface area contributed by atoms with Crippen LogP contribution in [0.25, 0.3) is 0 Å². The van der Waals surface area contributed by atoms with E-state index in [0.29, 0.717) is 12.6 Å². The molecule has 114 valence electrons. The van der Waals surface area contributed by atoms with E-state index in [9.17, 15) is 9.59 Å². The van der Waals surface area contributed by atoms with Gasteiger partial charge in [-0.2, -0.15) is 0 Å². The molecule has 0 saturated carbocycles. The molecule has 2 N–H and O–H groups in total. The number of piperidine rings is 2. The molecular formula is C14H25N3O3. The Balaban J connectivity index is 1.81. The number of carbonyl (C=O) groups excluding carboxylic acids is 2. The van der Waals surface area contributed by atoms with E-state index in [0.717, 1.165) is 51.9 Å². The summed E-state index contributed by atoms with van der Waals surface area (Å²) in [4.78, 5) is 27.1. The van der Waals surface area contributed by atoms with E-state index in [4.69, 9.17) is 10.5 Å². The predicted molar refractivity (Wildman–Crippen MR) is 75.1 cm³/mol. The zero-order valence-corrected chi connectivity index (χ0v) is 12.2. The molecule has 0 aromatic heterocycles. The molecule has 6 heteroatoms. The van der Waals surface area contributed by atoms with Crippen LogP contribution in [0.3, 0.4) is 0 Å². The zero-order valence-electron chi connectivity index (χ0n) is 12.2. The van der Waals surface area contributed by atoms with Crippen LogP contribution < -0.4 is 5.73 Å². The van der Waals surface area contributed by atoms with Crippen LogP contribution in [0.4, 0.5) is 4.79 Å². The Hall–Kier alpha value is -1.30. The number of hydrogen-bond donors (Lipinski definition) is 1. The third-order valence-corrected chi connectivity index (χ3v) is 4.36. The fourth-order valence-corrected chi connectivity index (χ4v) is 3.20. The van der Waals surface area contributed by atoms with Crippen molar-refractivity contribution in [2.75, 3.05) is 32.8 Å². The molecule has 2 fully saturated rings. The maximum atomic E-state index is 11.7. The lowest BCUT2D eigenvalue weighted by molar-refractivity contribution is -0.123. The normalized spacial score (nSPS) is 25.4. The van der Waals surface area contributed by atoms with Crippen molar-refractivity contribution in [1.29, 1.82) is 0 Å². The fourth-order valence-electron chi connectivity index (χ4n) is 3.20. The lowest BCUT2D eigenvalue weighted by Crippen LogP contribution is -2.51. The summed E-state index contributed by atoms with van der Waals surface area (Å²) >= 11 is 0. The number of amides is 2. The van der Waals surface area contributed by atoms with Crippen molar-refractivity contribution in [2.45, 2.75) is 38.6 Å². The van der Waals surface area contributed by atoms with Gasteiger partial charge < -0.3 is 15.4 Å². The SMILES string of the molecule is CCOC(=O)N1CCC(N2CCCC(C(N)=O)C2)CC1. The highest BCUT2D eigenvalue weighted by atomic mass is 16.6. The van der Waals surface area contributed by atoms with Gasteiger partial charge in [0.1, 0.15) is 0 Å². The van der Waals surface area contributed by atoms with Gasteiger partial charge in [0.2, 0.25) is 5.91 Å². The quantitative estimate of drug-likeness (QED) is 0.831. The summed E-state index contributed by atoms with van der Waals surface area (Å²) in [7, 11) is 0. The average Bonchev–Trinajstić information content (AvgIpc) is 2.48. The number of carbonyl (C=O) groups is 2. The summed E-state index contributed by atoms with van der Waals surface area (Å²) < 4.78 is 5.02. The number of rotatable bonds is 3. The molecule has 20 heavy (non-hydrogen) atoms. The van der Waals surface area contributed by atoms with E-state index in [1.165, 1.54) is 0 Å². The van der Waals surface area contributed by atoms with Crippen LogP contribution >= 0.6 is 0 Å². The Morgan fingerprint density at radius 3 is 2.50 bits per heavy atom. The number of nitrogens with two attached hydrogens (primary N) is 1. The molecule has 0 bridgehead atoms. The van der Waals surface area contributed by atoms with Gasteiger partial charge in [-0.1, -0.05) is 0 Å². The van der Waals surface area contributed by atoms with E-state index < -0.39 is 0 Å². The Morgan fingerprint density at radius 1 is 1.20 bits per heavy atom. The Morgan fingerprint density at radius 2 is 1.90 bits per heavy atom. The zero-order chi connectivity index (χ0) is 14.5. The van der Waals surface area contributed by atoms with Crippen LogP contribution in [0.2, 0.25) is 0 Å². The van der Waals surface area contributed by atoms with Gasteiger partial charge in [-0.15, -0.1) is 0 Å². The molecule has 6 nitrogen and oxygen atoms in total. The van der Waals surface area contributed by atoms with E-state index in [1.54, 1.807) is 4.90 Å². The molecule has 2 amide bonds. The molecule has 2 aliphatic rings. The standard InChI is InChI=1S/C14H25N3O3/c1-2-20-14(19)16-8-5-12(6-9-16)17-7-3-4-11(10-17)13(15)18/h11-12H,2-10H2,1H3,(H2,15,18). The second kappa shape index (κ2) is 6.92. The van der Waals surface area contributed by atoms with E-state index in [-0.39, 0.29) is 17.9 Å². The lowest BCUT2D eigenvalue weighted by atomic mass is 9.93. The molecule has 0 aliphatic carbocycles. The second-order valence-electron chi connectivity index (χ2n) is 5.65. The van der Waals surface area contributed by atoms with Gasteiger partial charge >= 0.3 is 6.09 Å². The van der Waals surface area contributed by atoms with Crippen molar-refractivity contribution in [1.82, 2.24) is 9.80 Å². The minimum Gasteiger partial charge on any atom is -0.450 e. The maximum absolute atomic E-state index is 11.7. The summed E-state index contributed by atoms with van der Waals surface area (Å²) in [6.45, 7) is 5.53. The first-order valence-corrected chi connectivity index (χ1v) is 7.57. The number of primary amides is 1. The third kappa shape index (κ3) is 3.62. The molecular weight excluding hydrogens is 258 g/mol. The van der Waals surface area contributed by atoms with Gasteiger partial charge in [0.05, 0.1) is 12.5 Å². The van der Waals surface area contributed by atoms with E-state index in [1.807, 2.05) is 6.92 Å². The van der Waals surface area contributed by atoms with Crippen molar-refractivity contribution in [2.24, 2.45) is 11.7 Å². The first kappa shape index (κ1) is 15.1. The highest BCUT2D eigenvalue weighted by Crippen LogP contribution is 2.23. The number of ether oxygens (including phenoxy) is 1. The van der Waals surface area contributed by atoms with Crippen molar-refractivity contribution in [3.63, 3.8) is 0 Å². The van der Waals surface area contributed by atoms with Crippen molar-refractivity contribution in [3.05, 3.63) is 0 Å². The van der Waals surface area contributed by atoms with Crippen molar-refractivity contribution >= 4 is 12.0 Å². The molecule has 2 aliphatic heterocycles. The molecule has 1 atom stereocenters. The first-order valence-electron chi connectivity index (χ1n) is 7.57. The molecule has 0 aromatic carbocycles. The van der Waals surface area contributed by atoms with Crippen LogP contribution in [0.5, 0.6) is 0 Å². The minimum atomic E-state index is -0.209. The molecule has 2 rings (SSSR count). The molecule has 2 heterocycles. The Labute approximate surface area is 120 Å². The van der Waals surface area contributed by atoms with Crippen molar-refractivity contribution in [3.8, 4) is 0 Å². The van der Waals surface area contributed by atoms with Gasteiger partial charge in [0.25, 0.3) is 0 Å². The van der Waals surface area contributed by atoms with Gasteiger partial charge in [0, 0.05) is 25.7 Å². The van der Waals surface area contributed by atoms with Gasteiger partial charge in [0.15, 0.2) is 0 Å². The summed E-state index contributed by atoms with van der Waals surface area (Å²) in [5, 5.41) is 0. The van der Waals surface area contributed by atoms with Crippen LogP contribution in [0, 0.1) is 5.92 Å². The van der Waals surface area contributed by atoms with Crippen LogP contribution in [0.15, 0.2) is 0 Å². The van der Waals surface area contributed by atoms with Crippen LogP contribution in [-0.2, 0) is 9.53 Å². The molecule has 0 aromatic rings. The topological polar surface area (TPSA) is 75.9 Å². The minimum absolute atomic E-state index is 0.00756.